The molecule has 0 aliphatic carbocycles. The van der Waals surface area contributed by atoms with Crippen molar-refractivity contribution in [2.45, 2.75) is 6.42 Å². The molecule has 3 rings (SSSR count). The molecule has 0 atom stereocenters. The molecule has 6 heteroatoms. The van der Waals surface area contributed by atoms with E-state index >= 15 is 0 Å². The fraction of sp³-hybridized carbons (Fsp3) is 0.143. The topological polar surface area (TPSA) is 90.8 Å². The average Bonchev–Trinajstić information content (AvgIpc) is 2.93. The van der Waals surface area contributed by atoms with Crippen molar-refractivity contribution in [3.63, 3.8) is 0 Å². The zero-order valence-corrected chi connectivity index (χ0v) is 14.9. The number of nitrogens with zero attached hydrogens (tertiary/aromatic N) is 4. The molecule has 0 N–H and O–H groups in total. The van der Waals surface area contributed by atoms with Crippen LogP contribution in [0.3, 0.4) is 0 Å². The first kappa shape index (κ1) is 17.9. The van der Waals surface area contributed by atoms with E-state index in [9.17, 15) is 10.5 Å². The van der Waals surface area contributed by atoms with Gasteiger partial charge in [0.15, 0.2) is 11.4 Å². The molecule has 6 nitrogen and oxygen atoms in total. The van der Waals surface area contributed by atoms with Crippen molar-refractivity contribution < 1.29 is 9.47 Å². The van der Waals surface area contributed by atoms with Gasteiger partial charge in [-0.05, 0) is 59.7 Å². The number of benzene rings is 2. The Labute approximate surface area is 157 Å². The van der Waals surface area contributed by atoms with E-state index in [1.807, 2.05) is 60.7 Å². The van der Waals surface area contributed by atoms with Crippen LogP contribution in [0.4, 0.5) is 0 Å². The van der Waals surface area contributed by atoms with Gasteiger partial charge in [0.1, 0.15) is 23.6 Å². The van der Waals surface area contributed by atoms with Crippen molar-refractivity contribution in [1.29, 1.82) is 10.5 Å². The molecule has 27 heavy (non-hydrogen) atoms. The van der Waals surface area contributed by atoms with Gasteiger partial charge in [0, 0.05) is 6.42 Å². The summed E-state index contributed by atoms with van der Waals surface area (Å²) in [4.78, 5) is 8.83. The molecule has 0 amide bonds. The summed E-state index contributed by atoms with van der Waals surface area (Å²) in [5.41, 5.74) is 3.01. The molecule has 0 unspecified atom stereocenters. The largest absolute Gasteiger partial charge is 0.497 e. The number of ether oxygens (including phenoxy) is 2. The van der Waals surface area contributed by atoms with Crippen molar-refractivity contribution in [3.8, 4) is 23.6 Å². The quantitative estimate of drug-likeness (QED) is 0.836. The number of nitriles is 2. The Balaban J connectivity index is 2.08. The maximum atomic E-state index is 9.42. The second-order valence-corrected chi connectivity index (χ2v) is 5.67. The summed E-state index contributed by atoms with van der Waals surface area (Å²) >= 11 is 0. The van der Waals surface area contributed by atoms with E-state index in [1.165, 1.54) is 0 Å². The lowest BCUT2D eigenvalue weighted by atomic mass is 9.99. The minimum atomic E-state index is 0.00632. The lowest BCUT2D eigenvalue weighted by Gasteiger charge is -2.09. The Kier molecular flexibility index (Phi) is 5.30. The highest BCUT2D eigenvalue weighted by Crippen LogP contribution is 2.22. The van der Waals surface area contributed by atoms with Crippen LogP contribution in [-0.2, 0) is 0 Å². The number of hydrogen-bond donors (Lipinski definition) is 0. The molecule has 0 saturated heterocycles. The first-order chi connectivity index (χ1) is 13.2. The SMILES string of the molecule is COc1ccc(C2=NC(C#N)=C(C#N)N=C(c3ccc(OC)cc3)C2)cc1. The maximum Gasteiger partial charge on any atom is 0.177 e. The second kappa shape index (κ2) is 7.99. The predicted octanol–water partition coefficient (Wildman–Crippen LogP) is 3.64. The average molecular weight is 356 g/mol. The molecule has 0 radical (unpaired) electrons. The Morgan fingerprint density at radius 2 is 1.07 bits per heavy atom. The predicted molar refractivity (Wildman–Crippen MR) is 102 cm³/mol. The number of allylic oxidation sites excluding steroid dienone is 2. The zero-order valence-electron chi connectivity index (χ0n) is 14.9. The van der Waals surface area contributed by atoms with Gasteiger partial charge in [-0.1, -0.05) is 0 Å². The van der Waals surface area contributed by atoms with Crippen molar-refractivity contribution in [3.05, 3.63) is 71.1 Å². The van der Waals surface area contributed by atoms with Crippen LogP contribution in [0.5, 0.6) is 11.5 Å². The Morgan fingerprint density at radius 3 is 1.37 bits per heavy atom. The summed E-state index contributed by atoms with van der Waals surface area (Å²) in [5.74, 6) is 1.46. The van der Waals surface area contributed by atoms with Gasteiger partial charge in [-0.2, -0.15) is 10.5 Å². The van der Waals surface area contributed by atoms with Crippen LogP contribution < -0.4 is 9.47 Å². The van der Waals surface area contributed by atoms with Crippen molar-refractivity contribution >= 4 is 11.4 Å². The van der Waals surface area contributed by atoms with Gasteiger partial charge in [-0.3, -0.25) is 0 Å². The van der Waals surface area contributed by atoms with Gasteiger partial charge in [0.2, 0.25) is 0 Å². The monoisotopic (exact) mass is 356 g/mol. The summed E-state index contributed by atoms with van der Waals surface area (Å²) in [5, 5.41) is 18.8. The summed E-state index contributed by atoms with van der Waals surface area (Å²) in [6.45, 7) is 0. The van der Waals surface area contributed by atoms with Gasteiger partial charge < -0.3 is 9.47 Å². The highest BCUT2D eigenvalue weighted by molar-refractivity contribution is 6.19. The fourth-order valence-electron chi connectivity index (χ4n) is 2.67. The molecule has 2 aromatic rings. The lowest BCUT2D eigenvalue weighted by molar-refractivity contribution is 0.414. The van der Waals surface area contributed by atoms with Crippen LogP contribution in [0.1, 0.15) is 17.5 Å². The first-order valence-corrected chi connectivity index (χ1v) is 8.17. The molecule has 0 aromatic heterocycles. The molecule has 0 spiro atoms. The fourth-order valence-corrected chi connectivity index (χ4v) is 2.67. The van der Waals surface area contributed by atoms with Gasteiger partial charge in [-0.25, -0.2) is 9.98 Å². The summed E-state index contributed by atoms with van der Waals surface area (Å²) in [6, 6.07) is 18.7. The van der Waals surface area contributed by atoms with E-state index in [-0.39, 0.29) is 11.4 Å². The van der Waals surface area contributed by atoms with Crippen LogP contribution in [0, 0.1) is 22.7 Å². The molecular formula is C21H16N4O2. The van der Waals surface area contributed by atoms with Crippen LogP contribution >= 0.6 is 0 Å². The smallest absolute Gasteiger partial charge is 0.177 e. The summed E-state index contributed by atoms with van der Waals surface area (Å²) in [7, 11) is 3.20. The third-order valence-electron chi connectivity index (χ3n) is 4.11. The van der Waals surface area contributed by atoms with E-state index in [2.05, 4.69) is 9.98 Å². The molecule has 1 aliphatic rings. The van der Waals surface area contributed by atoms with Gasteiger partial charge in [-0.15, -0.1) is 0 Å². The number of aliphatic imine (C=N–C) groups is 2. The van der Waals surface area contributed by atoms with Gasteiger partial charge in [0.25, 0.3) is 0 Å². The van der Waals surface area contributed by atoms with Crippen LogP contribution in [0.2, 0.25) is 0 Å². The minimum absolute atomic E-state index is 0.00632. The van der Waals surface area contributed by atoms with E-state index in [1.54, 1.807) is 14.2 Å². The minimum Gasteiger partial charge on any atom is -0.497 e. The van der Waals surface area contributed by atoms with Crippen molar-refractivity contribution in [2.75, 3.05) is 14.2 Å². The molecule has 1 aliphatic heterocycles. The number of hydrogen-bond acceptors (Lipinski definition) is 6. The van der Waals surface area contributed by atoms with Crippen LogP contribution in [-0.4, -0.2) is 25.6 Å². The Hall–Kier alpha value is -3.90. The third kappa shape index (κ3) is 3.86. The van der Waals surface area contributed by atoms with Crippen LogP contribution in [0.25, 0.3) is 0 Å². The maximum absolute atomic E-state index is 9.42. The summed E-state index contributed by atoms with van der Waals surface area (Å²) < 4.78 is 10.4. The van der Waals surface area contributed by atoms with Crippen LogP contribution in [0.15, 0.2) is 69.9 Å². The lowest BCUT2D eigenvalue weighted by Crippen LogP contribution is -2.10. The van der Waals surface area contributed by atoms with Gasteiger partial charge >= 0.3 is 0 Å². The molecule has 132 valence electrons. The van der Waals surface area contributed by atoms with E-state index in [0.717, 1.165) is 22.6 Å². The van der Waals surface area contributed by atoms with Gasteiger partial charge in [0.05, 0.1) is 25.6 Å². The third-order valence-corrected chi connectivity index (χ3v) is 4.11. The second-order valence-electron chi connectivity index (χ2n) is 5.67. The van der Waals surface area contributed by atoms with E-state index < -0.39 is 0 Å². The van der Waals surface area contributed by atoms with E-state index in [0.29, 0.717) is 17.8 Å². The normalized spacial score (nSPS) is 13.6. The Bertz CT molecular complexity index is 934. The molecule has 1 heterocycles. The molecule has 0 saturated carbocycles. The number of methoxy groups -OCH3 is 2. The molecule has 0 fully saturated rings. The molecular weight excluding hydrogens is 340 g/mol. The number of rotatable bonds is 4. The molecule has 0 bridgehead atoms. The van der Waals surface area contributed by atoms with Crippen molar-refractivity contribution in [2.24, 2.45) is 9.98 Å². The zero-order chi connectivity index (χ0) is 19.2. The van der Waals surface area contributed by atoms with Crippen molar-refractivity contribution in [1.82, 2.24) is 0 Å². The highest BCUT2D eigenvalue weighted by atomic mass is 16.5. The standard InChI is InChI=1S/C21H16N4O2/c1-26-16-7-3-14(4-8-16)18-11-19(15-5-9-17(27-2)10-6-15)25-21(13-23)20(12-22)24-18/h3-10H,11H2,1-2H3. The highest BCUT2D eigenvalue weighted by Gasteiger charge is 2.18. The Morgan fingerprint density at radius 1 is 0.704 bits per heavy atom. The summed E-state index contributed by atoms with van der Waals surface area (Å²) in [6.07, 6.45) is 0.384. The molecule has 2 aromatic carbocycles. The van der Waals surface area contributed by atoms with E-state index in [4.69, 9.17) is 9.47 Å². The first-order valence-electron chi connectivity index (χ1n) is 8.17.